The number of hydrogen-bond acceptors (Lipinski definition) is 2. The molecule has 1 saturated heterocycles. The van der Waals surface area contributed by atoms with Crippen molar-refractivity contribution >= 4 is 17.5 Å². The second-order valence-electron chi connectivity index (χ2n) is 6.63. The van der Waals surface area contributed by atoms with Crippen molar-refractivity contribution in [3.05, 3.63) is 29.8 Å². The first kappa shape index (κ1) is 15.5. The molecule has 0 aliphatic carbocycles. The van der Waals surface area contributed by atoms with Gasteiger partial charge in [-0.1, -0.05) is 20.8 Å². The standard InChI is InChI=1S/C17H24N2O2/c1-17(2,3)16(21)18-14-9-7-13(8-10-14)15(20)19-11-5-4-6-12-19/h7-10H,4-6,11-12H2,1-3H3,(H,18,21). The predicted octanol–water partition coefficient (Wildman–Crippen LogP) is 3.30. The normalized spacial score (nSPS) is 15.7. The van der Waals surface area contributed by atoms with Crippen LogP contribution in [0.4, 0.5) is 5.69 Å². The van der Waals surface area contributed by atoms with Gasteiger partial charge in [0.1, 0.15) is 0 Å². The SMILES string of the molecule is CC(C)(C)C(=O)Nc1ccc(C(=O)N2CCCCC2)cc1. The number of nitrogens with zero attached hydrogens (tertiary/aromatic N) is 1. The first-order valence-corrected chi connectivity index (χ1v) is 7.59. The molecule has 2 rings (SSSR count). The number of nitrogens with one attached hydrogen (secondary N) is 1. The number of hydrogen-bond donors (Lipinski definition) is 1. The molecule has 1 heterocycles. The molecule has 114 valence electrons. The zero-order valence-corrected chi connectivity index (χ0v) is 13.1. The van der Waals surface area contributed by atoms with Crippen molar-refractivity contribution in [3.8, 4) is 0 Å². The Morgan fingerprint density at radius 2 is 1.57 bits per heavy atom. The van der Waals surface area contributed by atoms with Gasteiger partial charge in [0.15, 0.2) is 0 Å². The molecule has 0 saturated carbocycles. The highest BCUT2D eigenvalue weighted by Crippen LogP contribution is 2.19. The second-order valence-corrected chi connectivity index (χ2v) is 6.63. The molecule has 0 aromatic heterocycles. The minimum Gasteiger partial charge on any atom is -0.339 e. The van der Waals surface area contributed by atoms with Crippen molar-refractivity contribution < 1.29 is 9.59 Å². The van der Waals surface area contributed by atoms with Crippen LogP contribution in [0.25, 0.3) is 0 Å². The van der Waals surface area contributed by atoms with Crippen LogP contribution < -0.4 is 5.32 Å². The lowest BCUT2D eigenvalue weighted by Crippen LogP contribution is -2.35. The summed E-state index contributed by atoms with van der Waals surface area (Å²) < 4.78 is 0. The Morgan fingerprint density at radius 1 is 1.00 bits per heavy atom. The Morgan fingerprint density at radius 3 is 2.10 bits per heavy atom. The van der Waals surface area contributed by atoms with Crippen LogP contribution in [-0.2, 0) is 4.79 Å². The molecule has 1 fully saturated rings. The summed E-state index contributed by atoms with van der Waals surface area (Å²) in [4.78, 5) is 26.2. The van der Waals surface area contributed by atoms with Crippen LogP contribution in [-0.4, -0.2) is 29.8 Å². The van der Waals surface area contributed by atoms with Gasteiger partial charge in [-0.25, -0.2) is 0 Å². The van der Waals surface area contributed by atoms with Gasteiger partial charge in [0.25, 0.3) is 5.91 Å². The fourth-order valence-corrected chi connectivity index (χ4v) is 2.29. The van der Waals surface area contributed by atoms with E-state index < -0.39 is 5.41 Å². The summed E-state index contributed by atoms with van der Waals surface area (Å²) in [5.74, 6) is 0.0565. The average Bonchev–Trinajstić information content (AvgIpc) is 2.47. The maximum Gasteiger partial charge on any atom is 0.253 e. The zero-order chi connectivity index (χ0) is 15.5. The topological polar surface area (TPSA) is 49.4 Å². The van der Waals surface area contributed by atoms with Crippen LogP contribution in [0.15, 0.2) is 24.3 Å². The van der Waals surface area contributed by atoms with E-state index in [0.717, 1.165) is 31.6 Å². The van der Waals surface area contributed by atoms with E-state index in [2.05, 4.69) is 5.32 Å². The summed E-state index contributed by atoms with van der Waals surface area (Å²) in [6.07, 6.45) is 3.39. The molecule has 1 aliphatic rings. The fourth-order valence-electron chi connectivity index (χ4n) is 2.29. The summed E-state index contributed by atoms with van der Waals surface area (Å²) in [6, 6.07) is 7.16. The van der Waals surface area contributed by atoms with E-state index in [1.807, 2.05) is 25.7 Å². The Bertz CT molecular complexity index is 509. The molecular weight excluding hydrogens is 264 g/mol. The molecule has 1 aromatic carbocycles. The maximum atomic E-state index is 12.3. The van der Waals surface area contributed by atoms with Crippen molar-refractivity contribution in [1.82, 2.24) is 4.90 Å². The number of carbonyl (C=O) groups is 2. The van der Waals surface area contributed by atoms with Crippen molar-refractivity contribution in [1.29, 1.82) is 0 Å². The summed E-state index contributed by atoms with van der Waals surface area (Å²) in [6.45, 7) is 7.31. The quantitative estimate of drug-likeness (QED) is 0.907. The molecule has 0 atom stereocenters. The third-order valence-corrected chi connectivity index (χ3v) is 3.71. The monoisotopic (exact) mass is 288 g/mol. The van der Waals surface area contributed by atoms with Crippen LogP contribution in [0, 0.1) is 5.41 Å². The van der Waals surface area contributed by atoms with Gasteiger partial charge in [0.05, 0.1) is 0 Å². The Kier molecular flexibility index (Phi) is 4.66. The average molecular weight is 288 g/mol. The highest BCUT2D eigenvalue weighted by atomic mass is 16.2. The van der Waals surface area contributed by atoms with Crippen LogP contribution in [0.2, 0.25) is 0 Å². The van der Waals surface area contributed by atoms with Gasteiger partial charge in [0.2, 0.25) is 5.91 Å². The van der Waals surface area contributed by atoms with Crippen LogP contribution in [0.3, 0.4) is 0 Å². The minimum atomic E-state index is -0.428. The molecule has 1 aromatic rings. The van der Waals surface area contributed by atoms with E-state index in [4.69, 9.17) is 0 Å². The van der Waals surface area contributed by atoms with E-state index in [9.17, 15) is 9.59 Å². The van der Waals surface area contributed by atoms with Crippen molar-refractivity contribution in [2.45, 2.75) is 40.0 Å². The molecule has 1 aliphatic heterocycles. The molecule has 4 heteroatoms. The molecule has 21 heavy (non-hydrogen) atoms. The number of carbonyl (C=O) groups excluding carboxylic acids is 2. The van der Waals surface area contributed by atoms with Gasteiger partial charge in [-0.3, -0.25) is 9.59 Å². The van der Waals surface area contributed by atoms with Crippen molar-refractivity contribution in [3.63, 3.8) is 0 Å². The Labute approximate surface area is 126 Å². The lowest BCUT2D eigenvalue weighted by molar-refractivity contribution is -0.123. The molecule has 2 amide bonds. The predicted molar refractivity (Wildman–Crippen MR) is 84.3 cm³/mol. The molecule has 4 nitrogen and oxygen atoms in total. The van der Waals surface area contributed by atoms with Gasteiger partial charge in [-0.15, -0.1) is 0 Å². The number of rotatable bonds is 2. The molecule has 0 unspecified atom stereocenters. The van der Waals surface area contributed by atoms with E-state index >= 15 is 0 Å². The molecule has 1 N–H and O–H groups in total. The van der Waals surface area contributed by atoms with Crippen LogP contribution in [0.5, 0.6) is 0 Å². The summed E-state index contributed by atoms with van der Waals surface area (Å²) in [5, 5.41) is 2.86. The van der Waals surface area contributed by atoms with Gasteiger partial charge < -0.3 is 10.2 Å². The van der Waals surface area contributed by atoms with Crippen molar-refractivity contribution in [2.24, 2.45) is 5.41 Å². The summed E-state index contributed by atoms with van der Waals surface area (Å²) in [7, 11) is 0. The van der Waals surface area contributed by atoms with E-state index in [0.29, 0.717) is 5.56 Å². The fraction of sp³-hybridized carbons (Fsp3) is 0.529. The van der Waals surface area contributed by atoms with Gasteiger partial charge in [-0.05, 0) is 43.5 Å². The van der Waals surface area contributed by atoms with E-state index in [1.54, 1.807) is 24.3 Å². The first-order valence-electron chi connectivity index (χ1n) is 7.59. The lowest BCUT2D eigenvalue weighted by atomic mass is 9.95. The largest absolute Gasteiger partial charge is 0.339 e. The summed E-state index contributed by atoms with van der Waals surface area (Å²) in [5.41, 5.74) is 0.984. The Balaban J connectivity index is 2.01. The van der Waals surface area contributed by atoms with Gasteiger partial charge >= 0.3 is 0 Å². The molecular formula is C17H24N2O2. The zero-order valence-electron chi connectivity index (χ0n) is 13.1. The van der Waals surface area contributed by atoms with E-state index in [-0.39, 0.29) is 11.8 Å². The minimum absolute atomic E-state index is 0.0300. The maximum absolute atomic E-state index is 12.3. The third-order valence-electron chi connectivity index (χ3n) is 3.71. The van der Waals surface area contributed by atoms with Gasteiger partial charge in [-0.2, -0.15) is 0 Å². The third kappa shape index (κ3) is 4.06. The van der Waals surface area contributed by atoms with Crippen LogP contribution in [0.1, 0.15) is 50.4 Å². The number of piperidine rings is 1. The summed E-state index contributed by atoms with van der Waals surface area (Å²) >= 11 is 0. The molecule has 0 radical (unpaired) electrons. The number of benzene rings is 1. The molecule has 0 spiro atoms. The Hall–Kier alpha value is -1.84. The lowest BCUT2D eigenvalue weighted by Gasteiger charge is -2.26. The number of likely N-dealkylation sites (tertiary alicyclic amines) is 1. The van der Waals surface area contributed by atoms with Crippen molar-refractivity contribution in [2.75, 3.05) is 18.4 Å². The van der Waals surface area contributed by atoms with E-state index in [1.165, 1.54) is 6.42 Å². The first-order chi connectivity index (χ1) is 9.88. The second kappa shape index (κ2) is 6.29. The van der Waals surface area contributed by atoms with Gasteiger partial charge in [0, 0.05) is 29.8 Å². The highest BCUT2D eigenvalue weighted by molar-refractivity contribution is 5.97. The number of anilines is 1. The molecule has 0 bridgehead atoms. The number of amides is 2. The smallest absolute Gasteiger partial charge is 0.253 e. The highest BCUT2D eigenvalue weighted by Gasteiger charge is 2.21. The van der Waals surface area contributed by atoms with Crippen LogP contribution >= 0.6 is 0 Å².